The number of likely N-dealkylation sites (tertiary alicyclic amines) is 1. The van der Waals surface area contributed by atoms with Crippen LogP contribution in [0.25, 0.3) is 10.8 Å². The van der Waals surface area contributed by atoms with Gasteiger partial charge in [-0.25, -0.2) is 0 Å². The number of fused-ring (bicyclic) bond motifs is 1. The number of nitrogens with zero attached hydrogens (tertiary/aromatic N) is 2. The smallest absolute Gasteiger partial charge is 0.253 e. The summed E-state index contributed by atoms with van der Waals surface area (Å²) in [4.78, 5) is 19.0. The van der Waals surface area contributed by atoms with E-state index in [9.17, 15) is 4.79 Å². The van der Waals surface area contributed by atoms with Crippen LogP contribution in [0.1, 0.15) is 28.9 Å². The van der Waals surface area contributed by atoms with E-state index in [2.05, 4.69) is 11.1 Å². The normalized spacial score (nSPS) is 15.2. The number of amides is 1. The first-order chi connectivity index (χ1) is 12.7. The average Bonchev–Trinajstić information content (AvgIpc) is 2.69. The third-order valence-corrected chi connectivity index (χ3v) is 4.91. The summed E-state index contributed by atoms with van der Waals surface area (Å²) in [6, 6.07) is 17.9. The average molecular weight is 346 g/mol. The van der Waals surface area contributed by atoms with E-state index < -0.39 is 0 Å². The molecule has 4 heteroatoms. The third-order valence-electron chi connectivity index (χ3n) is 4.91. The summed E-state index contributed by atoms with van der Waals surface area (Å²) in [5, 5.41) is 2.26. The Kier molecular flexibility index (Phi) is 4.57. The maximum Gasteiger partial charge on any atom is 0.253 e. The first kappa shape index (κ1) is 16.6. The third kappa shape index (κ3) is 3.54. The fourth-order valence-electron chi connectivity index (χ4n) is 3.40. The van der Waals surface area contributed by atoms with Gasteiger partial charge in [0.2, 0.25) is 0 Å². The number of aromatic nitrogens is 1. The van der Waals surface area contributed by atoms with Crippen LogP contribution >= 0.6 is 0 Å². The first-order valence-corrected chi connectivity index (χ1v) is 9.06. The molecule has 0 aliphatic carbocycles. The zero-order chi connectivity index (χ0) is 17.9. The van der Waals surface area contributed by atoms with Crippen molar-refractivity contribution in [3.8, 4) is 5.75 Å². The Labute approximate surface area is 153 Å². The Morgan fingerprint density at radius 1 is 1.04 bits per heavy atom. The molecule has 1 amide bonds. The molecule has 2 heterocycles. The van der Waals surface area contributed by atoms with Crippen LogP contribution in [0, 0.1) is 6.92 Å². The van der Waals surface area contributed by atoms with Crippen molar-refractivity contribution in [1.82, 2.24) is 9.88 Å². The summed E-state index contributed by atoms with van der Waals surface area (Å²) in [6.07, 6.45) is 3.59. The van der Waals surface area contributed by atoms with Crippen LogP contribution in [0.3, 0.4) is 0 Å². The Morgan fingerprint density at radius 3 is 2.54 bits per heavy atom. The first-order valence-electron chi connectivity index (χ1n) is 9.06. The number of hydrogen-bond acceptors (Lipinski definition) is 3. The summed E-state index contributed by atoms with van der Waals surface area (Å²) in [5.41, 5.74) is 1.74. The van der Waals surface area contributed by atoms with Gasteiger partial charge in [0, 0.05) is 37.2 Å². The van der Waals surface area contributed by atoms with Crippen LogP contribution in [-0.2, 0) is 0 Å². The highest BCUT2D eigenvalue weighted by molar-refractivity contribution is 5.98. The maximum absolute atomic E-state index is 12.8. The molecule has 1 aromatic heterocycles. The summed E-state index contributed by atoms with van der Waals surface area (Å²) in [6.45, 7) is 3.39. The van der Waals surface area contributed by atoms with E-state index in [1.54, 1.807) is 6.20 Å². The quantitative estimate of drug-likeness (QED) is 0.713. The second-order valence-electron chi connectivity index (χ2n) is 6.81. The molecule has 1 saturated heterocycles. The van der Waals surface area contributed by atoms with E-state index >= 15 is 0 Å². The highest BCUT2D eigenvalue weighted by Crippen LogP contribution is 2.21. The van der Waals surface area contributed by atoms with Gasteiger partial charge in [-0.15, -0.1) is 0 Å². The Balaban J connectivity index is 1.38. The molecule has 1 fully saturated rings. The van der Waals surface area contributed by atoms with Crippen molar-refractivity contribution in [2.24, 2.45) is 0 Å². The lowest BCUT2D eigenvalue weighted by Gasteiger charge is -2.32. The van der Waals surface area contributed by atoms with Crippen molar-refractivity contribution in [3.63, 3.8) is 0 Å². The van der Waals surface area contributed by atoms with Crippen molar-refractivity contribution >= 4 is 16.7 Å². The molecule has 26 heavy (non-hydrogen) atoms. The molecule has 1 aliphatic rings. The lowest BCUT2D eigenvalue weighted by Crippen LogP contribution is -2.41. The fourth-order valence-corrected chi connectivity index (χ4v) is 3.40. The lowest BCUT2D eigenvalue weighted by atomic mass is 10.0. The van der Waals surface area contributed by atoms with Gasteiger partial charge < -0.3 is 9.64 Å². The molecule has 0 bridgehead atoms. The minimum absolute atomic E-state index is 0.103. The second-order valence-corrected chi connectivity index (χ2v) is 6.81. The van der Waals surface area contributed by atoms with Gasteiger partial charge in [0.25, 0.3) is 5.91 Å². The fraction of sp³-hybridized carbons (Fsp3) is 0.273. The van der Waals surface area contributed by atoms with Crippen molar-refractivity contribution < 1.29 is 9.53 Å². The largest absolute Gasteiger partial charge is 0.489 e. The van der Waals surface area contributed by atoms with E-state index in [-0.39, 0.29) is 12.0 Å². The molecule has 0 unspecified atom stereocenters. The minimum Gasteiger partial charge on any atom is -0.489 e. The van der Waals surface area contributed by atoms with Crippen LogP contribution in [0.4, 0.5) is 0 Å². The van der Waals surface area contributed by atoms with E-state index in [0.29, 0.717) is 0 Å². The molecular formula is C22H22N2O2. The van der Waals surface area contributed by atoms with Crippen LogP contribution in [0.5, 0.6) is 5.75 Å². The molecule has 4 nitrogen and oxygen atoms in total. The lowest BCUT2D eigenvalue weighted by molar-refractivity contribution is 0.0595. The molecule has 0 spiro atoms. The van der Waals surface area contributed by atoms with Gasteiger partial charge in [0.05, 0.1) is 6.20 Å². The second kappa shape index (κ2) is 7.16. The van der Waals surface area contributed by atoms with E-state index in [0.717, 1.165) is 53.7 Å². The van der Waals surface area contributed by atoms with Crippen LogP contribution in [0.2, 0.25) is 0 Å². The highest BCUT2D eigenvalue weighted by atomic mass is 16.5. The predicted molar refractivity (Wildman–Crippen MR) is 102 cm³/mol. The van der Waals surface area contributed by atoms with Gasteiger partial charge in [-0.2, -0.15) is 0 Å². The predicted octanol–water partition coefficient (Wildman–Crippen LogP) is 4.23. The number of carbonyl (C=O) groups excluding carboxylic acids is 1. The maximum atomic E-state index is 12.8. The number of hydrogen-bond donors (Lipinski definition) is 0. The molecule has 0 atom stereocenters. The number of pyridine rings is 1. The number of aryl methyl sites for hydroxylation is 1. The van der Waals surface area contributed by atoms with E-state index in [1.807, 2.05) is 60.4 Å². The number of carbonyl (C=O) groups is 1. The number of ether oxygens (including phenoxy) is 1. The van der Waals surface area contributed by atoms with E-state index in [4.69, 9.17) is 4.74 Å². The van der Waals surface area contributed by atoms with Crippen molar-refractivity contribution in [2.45, 2.75) is 25.9 Å². The molecule has 132 valence electrons. The van der Waals surface area contributed by atoms with Gasteiger partial charge in [0.1, 0.15) is 11.9 Å². The number of benzene rings is 2. The van der Waals surface area contributed by atoms with Gasteiger partial charge in [-0.05, 0) is 42.0 Å². The number of rotatable bonds is 3. The van der Waals surface area contributed by atoms with Gasteiger partial charge >= 0.3 is 0 Å². The minimum atomic E-state index is 0.103. The molecule has 3 aromatic rings. The molecule has 0 radical (unpaired) electrons. The molecular weight excluding hydrogens is 324 g/mol. The zero-order valence-electron chi connectivity index (χ0n) is 14.9. The SMILES string of the molecule is Cc1ccc(OC2CCN(C(=O)c3ccc4ccccc4c3)CC2)cn1. The van der Waals surface area contributed by atoms with Gasteiger partial charge in [-0.3, -0.25) is 9.78 Å². The Hall–Kier alpha value is -2.88. The van der Waals surface area contributed by atoms with Gasteiger partial charge in [-0.1, -0.05) is 30.3 Å². The molecule has 0 saturated carbocycles. The molecule has 0 N–H and O–H groups in total. The molecule has 4 rings (SSSR count). The Morgan fingerprint density at radius 2 is 1.81 bits per heavy atom. The van der Waals surface area contributed by atoms with Gasteiger partial charge in [0.15, 0.2) is 0 Å². The summed E-state index contributed by atoms with van der Waals surface area (Å²) < 4.78 is 6.00. The molecule has 1 aliphatic heterocycles. The standard InChI is InChI=1S/C22H22N2O2/c1-16-6-9-21(15-23-16)26-20-10-12-24(13-11-20)22(25)19-8-7-17-4-2-3-5-18(17)14-19/h2-9,14-15,20H,10-13H2,1H3. The van der Waals surface area contributed by atoms with Crippen LogP contribution in [-0.4, -0.2) is 35.0 Å². The van der Waals surface area contributed by atoms with Crippen molar-refractivity contribution in [1.29, 1.82) is 0 Å². The summed E-state index contributed by atoms with van der Waals surface area (Å²) in [5.74, 6) is 0.904. The monoisotopic (exact) mass is 346 g/mol. The number of piperidine rings is 1. The van der Waals surface area contributed by atoms with Crippen LogP contribution in [0.15, 0.2) is 60.8 Å². The zero-order valence-corrected chi connectivity index (χ0v) is 14.9. The van der Waals surface area contributed by atoms with Crippen molar-refractivity contribution in [3.05, 3.63) is 72.1 Å². The van der Waals surface area contributed by atoms with Crippen LogP contribution < -0.4 is 4.74 Å². The summed E-state index contributed by atoms with van der Waals surface area (Å²) >= 11 is 0. The van der Waals surface area contributed by atoms with E-state index in [1.165, 1.54) is 0 Å². The molecule has 2 aromatic carbocycles. The van der Waals surface area contributed by atoms with Crippen molar-refractivity contribution in [2.75, 3.05) is 13.1 Å². The topological polar surface area (TPSA) is 42.4 Å². The highest BCUT2D eigenvalue weighted by Gasteiger charge is 2.24. The Bertz CT molecular complexity index is 913. The summed E-state index contributed by atoms with van der Waals surface area (Å²) in [7, 11) is 0.